The van der Waals surface area contributed by atoms with Crippen LogP contribution in [0.1, 0.15) is 6.42 Å². The van der Waals surface area contributed by atoms with Gasteiger partial charge in [0, 0.05) is 15.2 Å². The van der Waals surface area contributed by atoms with Gasteiger partial charge < -0.3 is 5.11 Å². The summed E-state index contributed by atoms with van der Waals surface area (Å²) in [6.07, 6.45) is 0.365. The molecule has 0 bridgehead atoms. The van der Waals surface area contributed by atoms with Crippen molar-refractivity contribution in [3.8, 4) is 0 Å². The Kier molecular flexibility index (Phi) is 3.52. The third-order valence-corrected chi connectivity index (χ3v) is 2.38. The minimum Gasteiger partial charge on any atom is -0.481 e. The maximum Gasteiger partial charge on any atom is 0.303 e. The van der Waals surface area contributed by atoms with Gasteiger partial charge >= 0.3 is 5.97 Å². The van der Waals surface area contributed by atoms with Crippen molar-refractivity contribution in [1.29, 1.82) is 0 Å². The second kappa shape index (κ2) is 3.66. The van der Waals surface area contributed by atoms with Crippen molar-refractivity contribution in [3.63, 3.8) is 0 Å². The van der Waals surface area contributed by atoms with Crippen LogP contribution in [0.2, 0.25) is 19.1 Å². The van der Waals surface area contributed by atoms with Crippen LogP contribution < -0.4 is 0 Å². The van der Waals surface area contributed by atoms with Crippen molar-refractivity contribution in [2.45, 2.75) is 25.6 Å². The normalized spacial score (nSPS) is 9.88. The van der Waals surface area contributed by atoms with E-state index in [1.807, 2.05) is 0 Å². The standard InChI is InChI=1S/C5H12O2Si/c1-8(2)4-3-5(6)7/h8H,3-4H2,1-2H3,(H,6,7). The van der Waals surface area contributed by atoms with Gasteiger partial charge in [0.25, 0.3) is 0 Å². The average Bonchev–Trinajstić information content (AvgIpc) is 1.61. The minimum absolute atomic E-state index is 0.365. The molecule has 0 aliphatic carbocycles. The molecule has 0 saturated heterocycles. The zero-order valence-corrected chi connectivity index (χ0v) is 6.50. The molecular weight excluding hydrogens is 120 g/mol. The molecule has 0 aromatic heterocycles. The first kappa shape index (κ1) is 7.69. The molecule has 2 nitrogen and oxygen atoms in total. The van der Waals surface area contributed by atoms with Crippen LogP contribution in [0.5, 0.6) is 0 Å². The van der Waals surface area contributed by atoms with E-state index in [-0.39, 0.29) is 0 Å². The first-order valence-electron chi connectivity index (χ1n) is 2.84. The highest BCUT2D eigenvalue weighted by Gasteiger charge is 1.99. The quantitative estimate of drug-likeness (QED) is 0.580. The number of carboxylic acids is 1. The van der Waals surface area contributed by atoms with Crippen LogP contribution in [0.15, 0.2) is 0 Å². The monoisotopic (exact) mass is 132 g/mol. The number of hydrogen-bond acceptors (Lipinski definition) is 1. The summed E-state index contributed by atoms with van der Waals surface area (Å²) in [5.74, 6) is -0.661. The fourth-order valence-corrected chi connectivity index (χ4v) is 1.24. The molecule has 1 N–H and O–H groups in total. The van der Waals surface area contributed by atoms with Gasteiger partial charge in [0.05, 0.1) is 0 Å². The average molecular weight is 132 g/mol. The highest BCUT2D eigenvalue weighted by molar-refractivity contribution is 6.55. The molecule has 0 unspecified atom stereocenters. The Hall–Kier alpha value is -0.313. The van der Waals surface area contributed by atoms with Gasteiger partial charge in [-0.05, 0) is 6.04 Å². The zero-order valence-electron chi connectivity index (χ0n) is 5.35. The molecule has 0 rings (SSSR count). The SMILES string of the molecule is C[SiH](C)CCC(=O)O. The van der Waals surface area contributed by atoms with E-state index in [9.17, 15) is 4.79 Å². The molecular formula is C5H12O2Si. The van der Waals surface area contributed by atoms with Gasteiger partial charge in [0.2, 0.25) is 0 Å². The second-order valence-corrected chi connectivity index (χ2v) is 5.69. The number of rotatable bonds is 3. The molecule has 48 valence electrons. The van der Waals surface area contributed by atoms with Crippen molar-refractivity contribution >= 4 is 14.8 Å². The summed E-state index contributed by atoms with van der Waals surface area (Å²) in [5, 5.41) is 8.18. The second-order valence-electron chi connectivity index (χ2n) is 2.33. The van der Waals surface area contributed by atoms with E-state index in [4.69, 9.17) is 5.11 Å². The van der Waals surface area contributed by atoms with Crippen molar-refractivity contribution in [1.82, 2.24) is 0 Å². The highest BCUT2D eigenvalue weighted by Crippen LogP contribution is 1.95. The predicted octanol–water partition coefficient (Wildman–Crippen LogP) is 0.948. The number of aliphatic carboxylic acids is 1. The van der Waals surface area contributed by atoms with Crippen LogP contribution in [-0.2, 0) is 4.79 Å². The van der Waals surface area contributed by atoms with Gasteiger partial charge in [0.1, 0.15) is 0 Å². The Labute approximate surface area is 51.1 Å². The molecule has 0 saturated carbocycles. The molecule has 0 spiro atoms. The van der Waals surface area contributed by atoms with Gasteiger partial charge in [-0.15, -0.1) is 0 Å². The van der Waals surface area contributed by atoms with E-state index in [0.29, 0.717) is 6.42 Å². The lowest BCUT2D eigenvalue weighted by atomic mass is 10.5. The number of hydrogen-bond donors (Lipinski definition) is 1. The number of carboxylic acid groups (broad SMARTS) is 1. The molecule has 8 heavy (non-hydrogen) atoms. The lowest BCUT2D eigenvalue weighted by Gasteiger charge is -1.95. The minimum atomic E-state index is -0.661. The van der Waals surface area contributed by atoms with Crippen molar-refractivity contribution in [2.75, 3.05) is 0 Å². The fourth-order valence-electron chi connectivity index (χ4n) is 0.412. The van der Waals surface area contributed by atoms with E-state index in [1.54, 1.807) is 0 Å². The summed E-state index contributed by atoms with van der Waals surface area (Å²) in [4.78, 5) is 9.93. The van der Waals surface area contributed by atoms with Crippen LogP contribution in [0.4, 0.5) is 0 Å². The van der Waals surface area contributed by atoms with Crippen molar-refractivity contribution in [3.05, 3.63) is 0 Å². The van der Waals surface area contributed by atoms with Crippen molar-refractivity contribution < 1.29 is 9.90 Å². The summed E-state index contributed by atoms with van der Waals surface area (Å²) in [7, 11) is -0.607. The molecule has 0 fully saturated rings. The Bertz CT molecular complexity index is 80.5. The largest absolute Gasteiger partial charge is 0.481 e. The van der Waals surface area contributed by atoms with E-state index in [1.165, 1.54) is 0 Å². The Morgan fingerprint density at radius 1 is 1.62 bits per heavy atom. The van der Waals surface area contributed by atoms with Crippen LogP contribution in [-0.4, -0.2) is 19.9 Å². The maximum absolute atomic E-state index is 9.93. The first-order valence-corrected chi connectivity index (χ1v) is 5.97. The Balaban J connectivity index is 3.05. The highest BCUT2D eigenvalue weighted by atomic mass is 28.3. The lowest BCUT2D eigenvalue weighted by Crippen LogP contribution is -2.03. The Morgan fingerprint density at radius 3 is 2.25 bits per heavy atom. The molecule has 0 aliphatic rings. The van der Waals surface area contributed by atoms with Gasteiger partial charge in [-0.2, -0.15) is 0 Å². The fraction of sp³-hybridized carbons (Fsp3) is 0.800. The molecule has 0 heterocycles. The molecule has 0 radical (unpaired) electrons. The van der Waals surface area contributed by atoms with E-state index in [0.717, 1.165) is 6.04 Å². The van der Waals surface area contributed by atoms with Crippen LogP contribution in [0.25, 0.3) is 0 Å². The summed E-state index contributed by atoms with van der Waals surface area (Å²) in [6.45, 7) is 4.31. The topological polar surface area (TPSA) is 37.3 Å². The van der Waals surface area contributed by atoms with Crippen LogP contribution in [0.3, 0.4) is 0 Å². The molecule has 0 atom stereocenters. The summed E-state index contributed by atoms with van der Waals surface area (Å²) in [5.41, 5.74) is 0. The third-order valence-electron chi connectivity index (χ3n) is 0.936. The van der Waals surface area contributed by atoms with Crippen LogP contribution in [0, 0.1) is 0 Å². The Morgan fingerprint density at radius 2 is 2.12 bits per heavy atom. The van der Waals surface area contributed by atoms with E-state index < -0.39 is 14.8 Å². The summed E-state index contributed by atoms with van der Waals surface area (Å²) < 4.78 is 0. The smallest absolute Gasteiger partial charge is 0.303 e. The number of carbonyl (C=O) groups is 1. The molecule has 0 amide bonds. The van der Waals surface area contributed by atoms with Gasteiger partial charge in [0.15, 0.2) is 0 Å². The van der Waals surface area contributed by atoms with Gasteiger partial charge in [-0.3, -0.25) is 4.79 Å². The predicted molar refractivity (Wildman–Crippen MR) is 35.9 cm³/mol. The molecule has 0 aromatic rings. The molecule has 3 heteroatoms. The van der Waals surface area contributed by atoms with Gasteiger partial charge in [-0.25, -0.2) is 0 Å². The van der Waals surface area contributed by atoms with E-state index >= 15 is 0 Å². The van der Waals surface area contributed by atoms with Gasteiger partial charge in [-0.1, -0.05) is 13.1 Å². The lowest BCUT2D eigenvalue weighted by molar-refractivity contribution is -0.136. The van der Waals surface area contributed by atoms with E-state index in [2.05, 4.69) is 13.1 Å². The third kappa shape index (κ3) is 5.69. The van der Waals surface area contributed by atoms with Crippen molar-refractivity contribution in [2.24, 2.45) is 0 Å². The zero-order chi connectivity index (χ0) is 6.57. The summed E-state index contributed by atoms with van der Waals surface area (Å²) in [6, 6.07) is 0.926. The maximum atomic E-state index is 9.93. The summed E-state index contributed by atoms with van der Waals surface area (Å²) >= 11 is 0. The van der Waals surface area contributed by atoms with Crippen LogP contribution >= 0.6 is 0 Å². The first-order chi connectivity index (χ1) is 3.63. The molecule has 0 aromatic carbocycles. The molecule has 0 aliphatic heterocycles.